The van der Waals surface area contributed by atoms with Crippen molar-refractivity contribution in [2.75, 3.05) is 52.8 Å². The second kappa shape index (κ2) is 37.4. The smallest absolute Gasteiger partial charge is 0.410 e. The number of unbranched alkanes of at least 4 members (excludes halogenated alkanes) is 2. The van der Waals surface area contributed by atoms with Gasteiger partial charge in [0.05, 0.1) is 42.7 Å². The van der Waals surface area contributed by atoms with E-state index >= 15 is 0 Å². The van der Waals surface area contributed by atoms with Crippen LogP contribution in [0.5, 0.6) is 0 Å². The van der Waals surface area contributed by atoms with E-state index in [0.717, 1.165) is 15.5 Å². The number of carbonyl (C=O) groups excluding carboxylic acids is 11. The molecule has 3 aliphatic rings. The number of benzene rings is 2. The largest absolute Gasteiger partial charge is 0.445 e. The van der Waals surface area contributed by atoms with Crippen molar-refractivity contribution in [3.05, 3.63) is 94.5 Å². The van der Waals surface area contributed by atoms with Gasteiger partial charge < -0.3 is 61.6 Å². The predicted molar refractivity (Wildman–Crippen MR) is 365 cm³/mol. The molecule has 8 N–H and O–H groups in total. The van der Waals surface area contributed by atoms with E-state index in [0.29, 0.717) is 69.2 Å². The Kier molecular flexibility index (Phi) is 30.0. The molecule has 0 radical (unpaired) electrons. The Bertz CT molecular complexity index is 3170. The zero-order valence-electron chi connectivity index (χ0n) is 58.1. The molecule has 11 atom stereocenters. The molecule has 2 aromatic carbocycles. The molecule has 0 unspecified atom stereocenters. The molecule has 26 nitrogen and oxygen atoms in total. The van der Waals surface area contributed by atoms with Crippen molar-refractivity contribution in [2.24, 2.45) is 29.4 Å². The Morgan fingerprint density at radius 3 is 2.09 bits per heavy atom. The number of nitrogens with one attached hydrogen (secondary N) is 6. The number of nitrogens with two attached hydrogens (primary N) is 1. The summed E-state index contributed by atoms with van der Waals surface area (Å²) < 4.78 is 18.0. The maximum Gasteiger partial charge on any atom is 0.410 e. The van der Waals surface area contributed by atoms with Crippen LogP contribution in [0.15, 0.2) is 78.3 Å². The maximum atomic E-state index is 14.9. The molecule has 4 heterocycles. The van der Waals surface area contributed by atoms with Gasteiger partial charge in [-0.25, -0.2) is 14.6 Å². The van der Waals surface area contributed by atoms with Crippen LogP contribution in [0.3, 0.4) is 0 Å². The van der Waals surface area contributed by atoms with Gasteiger partial charge in [0.2, 0.25) is 41.4 Å². The lowest BCUT2D eigenvalue weighted by Crippen LogP contribution is -2.62. The molecule has 27 heteroatoms. The van der Waals surface area contributed by atoms with E-state index in [1.165, 1.54) is 35.5 Å². The fourth-order valence-electron chi connectivity index (χ4n) is 12.9. The Labute approximate surface area is 574 Å². The topological polar surface area (TPSA) is 340 Å². The molecule has 0 bridgehead atoms. The average molecular weight is 1370 g/mol. The Hall–Kier alpha value is -8.30. The highest BCUT2D eigenvalue weighted by Crippen LogP contribution is 2.33. The summed E-state index contributed by atoms with van der Waals surface area (Å²) in [6, 6.07) is 11.1. The summed E-state index contributed by atoms with van der Waals surface area (Å²) in [5.41, 5.74) is 5.81. The van der Waals surface area contributed by atoms with Gasteiger partial charge in [-0.3, -0.25) is 53.0 Å². The van der Waals surface area contributed by atoms with Gasteiger partial charge in [0.15, 0.2) is 0 Å². The van der Waals surface area contributed by atoms with Crippen molar-refractivity contribution < 1.29 is 67.0 Å². The summed E-state index contributed by atoms with van der Waals surface area (Å²) in [4.78, 5) is 158. The van der Waals surface area contributed by atoms with Crippen LogP contribution in [0, 0.1) is 23.7 Å². The van der Waals surface area contributed by atoms with Gasteiger partial charge in [-0.05, 0) is 106 Å². The number of hydrogen-bond donors (Lipinski definition) is 7. The number of nitrogens with zero attached hydrogens (tertiary/aromatic N) is 5. The van der Waals surface area contributed by atoms with Gasteiger partial charge in [-0.2, -0.15) is 0 Å². The summed E-state index contributed by atoms with van der Waals surface area (Å²) in [6.45, 7) is 15.4. The average Bonchev–Trinajstić information content (AvgIpc) is 1.09. The third-order valence-electron chi connectivity index (χ3n) is 18.8. The van der Waals surface area contributed by atoms with Crippen LogP contribution in [0.25, 0.3) is 0 Å². The van der Waals surface area contributed by atoms with Crippen molar-refractivity contribution in [1.82, 2.24) is 51.2 Å². The van der Waals surface area contributed by atoms with Crippen molar-refractivity contribution in [3.8, 4) is 0 Å². The Balaban J connectivity index is 1.03. The number of likely N-dealkylation sites (N-methyl/N-ethyl adjacent to an activating group) is 1. The lowest BCUT2D eigenvalue weighted by Gasteiger charge is -2.41. The van der Waals surface area contributed by atoms with Crippen LogP contribution in [0.4, 0.5) is 15.3 Å². The first-order chi connectivity index (χ1) is 46.2. The van der Waals surface area contributed by atoms with Gasteiger partial charge in [-0.15, -0.1) is 11.3 Å². The van der Waals surface area contributed by atoms with E-state index in [1.54, 1.807) is 75.2 Å². The van der Waals surface area contributed by atoms with Crippen molar-refractivity contribution in [1.29, 1.82) is 0 Å². The fraction of sp³-hybridized carbons (Fsp3) is 0.600. The third kappa shape index (κ3) is 21.6. The van der Waals surface area contributed by atoms with E-state index < -0.39 is 95.5 Å². The normalized spacial score (nSPS) is 18.9. The molecule has 0 aliphatic carbocycles. The number of anilines is 1. The summed E-state index contributed by atoms with van der Waals surface area (Å²) in [6.07, 6.45) is 7.17. The molecule has 0 spiro atoms. The maximum absolute atomic E-state index is 14.9. The first-order valence-electron chi connectivity index (χ1n) is 33.9. The van der Waals surface area contributed by atoms with Crippen molar-refractivity contribution in [2.45, 2.75) is 199 Å². The Morgan fingerprint density at radius 1 is 0.784 bits per heavy atom. The second-order valence-electron chi connectivity index (χ2n) is 26.4. The van der Waals surface area contributed by atoms with Gasteiger partial charge in [0.1, 0.15) is 35.3 Å². The number of carbonyl (C=O) groups is 11. The van der Waals surface area contributed by atoms with Crippen LogP contribution >= 0.6 is 11.3 Å². The van der Waals surface area contributed by atoms with Crippen molar-refractivity contribution >= 4 is 82.3 Å². The molecular formula is C70H102N12O14S. The molecule has 6 rings (SSSR count). The molecule has 3 aliphatic heterocycles. The van der Waals surface area contributed by atoms with Crippen LogP contribution in [-0.4, -0.2) is 185 Å². The number of methoxy groups -OCH3 is 2. The van der Waals surface area contributed by atoms with Crippen LogP contribution in [0.2, 0.25) is 0 Å². The molecule has 532 valence electrons. The SMILES string of the molecule is CC[C@H](C)[C@@H]([C@@H](CC(=O)N1CCC[C@H]1[C@H](OC)[C@@H](C)C(=O)N[C@@H](Cc1ccccc1)c1nccs1)OC)N(C)C(=O)[C@@H](NC(=O)[C@@]1(C)CCCN1C(=O)OCc1ccc(NC(=O)[C@H](CCCNC(N)=O)NC(=O)[C@@H](NC(=O)CCCCCN2C(=O)C=CC2=O)C(C)C)cc1)C(C)C. The number of thiazole rings is 1. The van der Waals surface area contributed by atoms with E-state index in [1.807, 2.05) is 70.3 Å². The van der Waals surface area contributed by atoms with E-state index in [-0.39, 0.29) is 106 Å². The first kappa shape index (κ1) is 77.7. The fourth-order valence-corrected chi connectivity index (χ4v) is 13.6. The van der Waals surface area contributed by atoms with Crippen molar-refractivity contribution in [3.63, 3.8) is 0 Å². The highest BCUT2D eigenvalue weighted by molar-refractivity contribution is 7.09. The van der Waals surface area contributed by atoms with E-state index in [9.17, 15) is 52.7 Å². The summed E-state index contributed by atoms with van der Waals surface area (Å²) in [5.74, 6) is -5.23. The second-order valence-corrected chi connectivity index (χ2v) is 27.4. The standard InChI is InChI=1S/C70H102N12O14S/c1-12-45(6)60(53(94-10)41-57(86)80-37-20-25-52(80)61(95-11)46(7)62(87)76-51(65-72-35-39-97-65)40-47-22-15-13-16-23-47)79(9)66(90)59(44(4)5)78-67(91)70(8)33-21-38-82(70)69(93)96-42-48-27-29-49(30-28-48)74-63(88)50(24-19-34-73-68(71)92)75-64(89)58(43(2)3)77-54(83)26-17-14-18-36-81-55(84)31-32-56(81)85/h13,15-16,22-23,27-32,35,39,43-46,50-53,58-61H,12,14,17-21,24-26,33-34,36-38,40-42H2,1-11H3,(H,74,88)(H,75,89)(H,76,87)(H,77,83)(H,78,91)(H3,71,73,92)/t45-,46+,50-,51-,52-,53+,58-,59-,60-,61+,70+/m0/s1. The number of imide groups is 1. The minimum Gasteiger partial charge on any atom is -0.445 e. The molecule has 2 fully saturated rings. The number of ether oxygens (including phenoxy) is 3. The summed E-state index contributed by atoms with van der Waals surface area (Å²) >= 11 is 1.47. The zero-order valence-corrected chi connectivity index (χ0v) is 58.9. The van der Waals surface area contributed by atoms with Crippen LogP contribution < -0.4 is 37.6 Å². The monoisotopic (exact) mass is 1370 g/mol. The quantitative estimate of drug-likeness (QED) is 0.0246. The first-order valence-corrected chi connectivity index (χ1v) is 34.8. The molecule has 2 saturated heterocycles. The predicted octanol–water partition coefficient (Wildman–Crippen LogP) is 6.29. The summed E-state index contributed by atoms with van der Waals surface area (Å²) in [7, 11) is 4.74. The van der Waals surface area contributed by atoms with E-state index in [4.69, 9.17) is 19.9 Å². The number of primary amides is 1. The molecule has 3 aromatic rings. The molecule has 1 aromatic heterocycles. The van der Waals surface area contributed by atoms with Gasteiger partial charge in [0, 0.05) is 83.3 Å². The number of rotatable bonds is 37. The highest BCUT2D eigenvalue weighted by atomic mass is 32.1. The molecule has 12 amide bonds. The number of aromatic nitrogens is 1. The van der Waals surface area contributed by atoms with Gasteiger partial charge >= 0.3 is 12.1 Å². The lowest BCUT2D eigenvalue weighted by atomic mass is 9.89. The van der Waals surface area contributed by atoms with Crippen LogP contribution in [0.1, 0.15) is 155 Å². The molecular weight excluding hydrogens is 1260 g/mol. The molecule has 97 heavy (non-hydrogen) atoms. The van der Waals surface area contributed by atoms with Crippen LogP contribution in [-0.2, 0) is 70.4 Å². The molecule has 0 saturated carbocycles. The van der Waals surface area contributed by atoms with Gasteiger partial charge in [-0.1, -0.05) is 104 Å². The zero-order chi connectivity index (χ0) is 71.1. The van der Waals surface area contributed by atoms with E-state index in [2.05, 4.69) is 36.9 Å². The number of amides is 12. The Morgan fingerprint density at radius 2 is 1.47 bits per heavy atom. The van der Waals surface area contributed by atoms with Gasteiger partial charge in [0.25, 0.3) is 11.8 Å². The summed E-state index contributed by atoms with van der Waals surface area (Å²) in [5, 5.41) is 19.7. The minimum absolute atomic E-state index is 0.0689. The third-order valence-corrected chi connectivity index (χ3v) is 19.7. The number of urea groups is 1. The number of hydrogen-bond acceptors (Lipinski definition) is 16. The number of likely N-dealkylation sites (tertiary alicyclic amines) is 2. The lowest BCUT2D eigenvalue weighted by molar-refractivity contribution is -0.148. The minimum atomic E-state index is -1.40. The highest BCUT2D eigenvalue weighted by Gasteiger charge is 2.49.